The molecule has 1 heterocycles. The minimum atomic E-state index is -0.317. The smallest absolute Gasteiger partial charge is 0.317 e. The molecule has 0 unspecified atom stereocenters. The Bertz CT molecular complexity index is 669. The predicted molar refractivity (Wildman–Crippen MR) is 74.3 cm³/mol. The van der Waals surface area contributed by atoms with Crippen LogP contribution in [0.3, 0.4) is 0 Å². The molecule has 0 bridgehead atoms. The summed E-state index contributed by atoms with van der Waals surface area (Å²) >= 11 is 0. The first-order valence-corrected chi connectivity index (χ1v) is 6.00. The molecule has 2 aromatic rings. The van der Waals surface area contributed by atoms with Gasteiger partial charge in [-0.15, -0.1) is 0 Å². The fraction of sp³-hybridized carbons (Fsp3) is 0.200. The number of aromatic nitrogens is 1. The van der Waals surface area contributed by atoms with Gasteiger partial charge in [-0.3, -0.25) is 4.79 Å². The van der Waals surface area contributed by atoms with E-state index in [2.05, 4.69) is 16.8 Å². The second kappa shape index (κ2) is 5.87. The highest BCUT2D eigenvalue weighted by atomic mass is 16.5. The van der Waals surface area contributed by atoms with Gasteiger partial charge in [0.05, 0.1) is 12.2 Å². The maximum atomic E-state index is 11.2. The summed E-state index contributed by atoms with van der Waals surface area (Å²) in [6.45, 7) is 2.13. The van der Waals surface area contributed by atoms with E-state index in [0.717, 1.165) is 16.3 Å². The van der Waals surface area contributed by atoms with E-state index in [1.165, 1.54) is 0 Å². The molecule has 0 saturated carbocycles. The molecule has 0 aliphatic carbocycles. The molecule has 0 radical (unpaired) electrons. The van der Waals surface area contributed by atoms with Crippen LogP contribution in [-0.4, -0.2) is 17.6 Å². The van der Waals surface area contributed by atoms with Crippen LogP contribution in [0.4, 0.5) is 5.82 Å². The molecule has 96 valence electrons. The fourth-order valence-corrected chi connectivity index (χ4v) is 1.74. The number of rotatable bonds is 2. The molecule has 19 heavy (non-hydrogen) atoms. The predicted octanol–water partition coefficient (Wildman–Crippen LogP) is 2.12. The van der Waals surface area contributed by atoms with E-state index >= 15 is 0 Å². The number of hydrogen-bond acceptors (Lipinski definition) is 4. The van der Waals surface area contributed by atoms with Gasteiger partial charge in [-0.2, -0.15) is 0 Å². The van der Waals surface area contributed by atoms with E-state index in [1.54, 1.807) is 13.1 Å². The topological polar surface area (TPSA) is 65.2 Å². The van der Waals surface area contributed by atoms with Crippen LogP contribution >= 0.6 is 0 Å². The number of anilines is 1. The van der Waals surface area contributed by atoms with Gasteiger partial charge in [-0.25, -0.2) is 4.98 Å². The van der Waals surface area contributed by atoms with Crippen molar-refractivity contribution >= 4 is 22.6 Å². The number of ether oxygens (including phenoxy) is 1. The lowest BCUT2D eigenvalue weighted by molar-refractivity contribution is -0.141. The van der Waals surface area contributed by atoms with Gasteiger partial charge >= 0.3 is 5.97 Å². The molecule has 2 N–H and O–H groups in total. The summed E-state index contributed by atoms with van der Waals surface area (Å²) in [5, 5.41) is 1.80. The van der Waals surface area contributed by atoms with Crippen molar-refractivity contribution in [3.63, 3.8) is 0 Å². The number of nitrogen functional groups attached to an aromatic ring is 1. The highest BCUT2D eigenvalue weighted by Crippen LogP contribution is 2.21. The van der Waals surface area contributed by atoms with E-state index in [0.29, 0.717) is 12.4 Å². The zero-order valence-corrected chi connectivity index (χ0v) is 10.6. The highest BCUT2D eigenvalue weighted by molar-refractivity contribution is 5.94. The summed E-state index contributed by atoms with van der Waals surface area (Å²) in [5.74, 6) is 5.89. The molecule has 1 aromatic carbocycles. The monoisotopic (exact) mass is 254 g/mol. The number of esters is 1. The molecule has 0 aliphatic heterocycles. The molecule has 0 aliphatic rings. The van der Waals surface area contributed by atoms with Gasteiger partial charge in [0.15, 0.2) is 0 Å². The first-order valence-electron chi connectivity index (χ1n) is 6.00. The fourth-order valence-electron chi connectivity index (χ4n) is 1.74. The Morgan fingerprint density at radius 1 is 1.37 bits per heavy atom. The Hall–Kier alpha value is -2.54. The SMILES string of the molecule is CCOC(=O)CC#Cc1cnc(N)c2ccccc12. The number of carbonyl (C=O) groups is 1. The zero-order valence-electron chi connectivity index (χ0n) is 10.6. The van der Waals surface area contributed by atoms with Crippen LogP contribution in [0, 0.1) is 11.8 Å². The van der Waals surface area contributed by atoms with Crippen molar-refractivity contribution in [1.82, 2.24) is 4.98 Å². The van der Waals surface area contributed by atoms with Crippen LogP contribution in [-0.2, 0) is 9.53 Å². The number of pyridine rings is 1. The van der Waals surface area contributed by atoms with Crippen molar-refractivity contribution in [1.29, 1.82) is 0 Å². The largest absolute Gasteiger partial charge is 0.465 e. The normalized spacial score (nSPS) is 9.74. The lowest BCUT2D eigenvalue weighted by atomic mass is 10.1. The van der Waals surface area contributed by atoms with E-state index < -0.39 is 0 Å². The van der Waals surface area contributed by atoms with Gasteiger partial charge < -0.3 is 10.5 Å². The average Bonchev–Trinajstić information content (AvgIpc) is 2.42. The van der Waals surface area contributed by atoms with Crippen LogP contribution < -0.4 is 5.73 Å². The quantitative estimate of drug-likeness (QED) is 0.658. The molecule has 0 spiro atoms. The number of nitrogens with two attached hydrogens (primary N) is 1. The number of hydrogen-bond donors (Lipinski definition) is 1. The van der Waals surface area contributed by atoms with Crippen LogP contribution in [0.15, 0.2) is 30.5 Å². The maximum Gasteiger partial charge on any atom is 0.317 e. The number of nitrogens with zero attached hydrogens (tertiary/aromatic N) is 1. The summed E-state index contributed by atoms with van der Waals surface area (Å²) in [4.78, 5) is 15.3. The second-order valence-electron chi connectivity index (χ2n) is 3.89. The van der Waals surface area contributed by atoms with E-state index in [1.807, 2.05) is 24.3 Å². The standard InChI is InChI=1S/C15H14N2O2/c1-2-19-14(18)9-5-6-11-10-17-15(16)13-8-4-3-7-12(11)13/h3-4,7-8,10H,2,9H2,1H3,(H2,16,17). The van der Waals surface area contributed by atoms with E-state index in [9.17, 15) is 4.79 Å². The van der Waals surface area contributed by atoms with Gasteiger partial charge in [0.1, 0.15) is 12.2 Å². The molecule has 0 atom stereocenters. The summed E-state index contributed by atoms with van der Waals surface area (Å²) < 4.78 is 4.81. The van der Waals surface area contributed by atoms with Crippen LogP contribution in [0.5, 0.6) is 0 Å². The van der Waals surface area contributed by atoms with Crippen molar-refractivity contribution < 1.29 is 9.53 Å². The molecule has 4 heteroatoms. The van der Waals surface area contributed by atoms with Crippen molar-refractivity contribution in [2.75, 3.05) is 12.3 Å². The Kier molecular flexibility index (Phi) is 3.99. The lowest BCUT2D eigenvalue weighted by Gasteiger charge is -2.02. The number of benzene rings is 1. The Morgan fingerprint density at radius 2 is 2.11 bits per heavy atom. The Morgan fingerprint density at radius 3 is 2.84 bits per heavy atom. The van der Waals surface area contributed by atoms with Crippen LogP contribution in [0.25, 0.3) is 10.8 Å². The molecule has 1 aromatic heterocycles. The van der Waals surface area contributed by atoms with Gasteiger partial charge in [0.2, 0.25) is 0 Å². The van der Waals surface area contributed by atoms with Gasteiger partial charge in [-0.05, 0) is 6.92 Å². The summed E-state index contributed by atoms with van der Waals surface area (Å²) in [6, 6.07) is 7.64. The van der Waals surface area contributed by atoms with Crippen molar-refractivity contribution in [3.05, 3.63) is 36.0 Å². The van der Waals surface area contributed by atoms with Gasteiger partial charge in [0.25, 0.3) is 0 Å². The van der Waals surface area contributed by atoms with Crippen molar-refractivity contribution in [2.45, 2.75) is 13.3 Å². The molecular weight excluding hydrogens is 240 g/mol. The maximum absolute atomic E-state index is 11.2. The first-order chi connectivity index (χ1) is 9.22. The molecule has 2 rings (SSSR count). The minimum absolute atomic E-state index is 0.0759. The van der Waals surface area contributed by atoms with Gasteiger partial charge in [-0.1, -0.05) is 36.1 Å². The first kappa shape index (κ1) is 12.9. The van der Waals surface area contributed by atoms with Gasteiger partial charge in [0, 0.05) is 17.0 Å². The second-order valence-corrected chi connectivity index (χ2v) is 3.89. The zero-order chi connectivity index (χ0) is 13.7. The third-order valence-corrected chi connectivity index (χ3v) is 2.59. The number of carbonyl (C=O) groups excluding carboxylic acids is 1. The van der Waals surface area contributed by atoms with Crippen LogP contribution in [0.1, 0.15) is 18.9 Å². The third-order valence-electron chi connectivity index (χ3n) is 2.59. The molecule has 0 saturated heterocycles. The molecule has 4 nitrogen and oxygen atoms in total. The third kappa shape index (κ3) is 3.02. The average molecular weight is 254 g/mol. The Labute approximate surface area is 111 Å². The van der Waals surface area contributed by atoms with E-state index in [4.69, 9.17) is 10.5 Å². The summed E-state index contributed by atoms with van der Waals surface area (Å²) in [5.41, 5.74) is 6.57. The van der Waals surface area contributed by atoms with E-state index in [-0.39, 0.29) is 12.4 Å². The molecular formula is C15H14N2O2. The number of fused-ring (bicyclic) bond motifs is 1. The Balaban J connectivity index is 2.29. The van der Waals surface area contributed by atoms with Crippen molar-refractivity contribution in [2.24, 2.45) is 0 Å². The summed E-state index contributed by atoms with van der Waals surface area (Å²) in [6.07, 6.45) is 1.70. The lowest BCUT2D eigenvalue weighted by Crippen LogP contribution is -2.01. The molecule has 0 amide bonds. The van der Waals surface area contributed by atoms with Crippen molar-refractivity contribution in [3.8, 4) is 11.8 Å². The van der Waals surface area contributed by atoms with Crippen LogP contribution in [0.2, 0.25) is 0 Å². The summed E-state index contributed by atoms with van der Waals surface area (Å²) in [7, 11) is 0. The minimum Gasteiger partial charge on any atom is -0.465 e. The highest BCUT2D eigenvalue weighted by Gasteiger charge is 2.02. The molecule has 0 fully saturated rings.